The molecule has 5 nitrogen and oxygen atoms in total. The van der Waals surface area contributed by atoms with Gasteiger partial charge in [-0.2, -0.15) is 5.10 Å². The van der Waals surface area contributed by atoms with E-state index in [1.807, 2.05) is 18.7 Å². The first kappa shape index (κ1) is 14.7. The molecule has 2 N–H and O–H groups in total. The van der Waals surface area contributed by atoms with Crippen molar-refractivity contribution >= 4 is 5.91 Å². The summed E-state index contributed by atoms with van der Waals surface area (Å²) in [6.45, 7) is 6.36. The first-order valence-electron chi connectivity index (χ1n) is 6.66. The fourth-order valence-corrected chi connectivity index (χ4v) is 1.68. The first-order chi connectivity index (χ1) is 8.67. The van der Waals surface area contributed by atoms with Crippen LogP contribution in [-0.4, -0.2) is 28.8 Å². The second kappa shape index (κ2) is 7.87. The van der Waals surface area contributed by atoms with E-state index in [2.05, 4.69) is 28.7 Å². The Morgan fingerprint density at radius 2 is 2.17 bits per heavy atom. The molecular weight excluding hydrogens is 228 g/mol. The van der Waals surface area contributed by atoms with Crippen LogP contribution in [0.15, 0.2) is 6.07 Å². The van der Waals surface area contributed by atoms with E-state index in [0.717, 1.165) is 37.3 Å². The van der Waals surface area contributed by atoms with Crippen molar-refractivity contribution in [2.75, 3.05) is 13.1 Å². The van der Waals surface area contributed by atoms with Crippen LogP contribution in [0.1, 0.15) is 38.1 Å². The second-order valence-corrected chi connectivity index (χ2v) is 4.38. The molecule has 1 aromatic rings. The summed E-state index contributed by atoms with van der Waals surface area (Å²) in [5.41, 5.74) is 2.26. The lowest BCUT2D eigenvalue weighted by molar-refractivity contribution is -0.120. The molecule has 1 aromatic heterocycles. The molecule has 5 heteroatoms. The van der Waals surface area contributed by atoms with Gasteiger partial charge in [-0.1, -0.05) is 13.8 Å². The van der Waals surface area contributed by atoms with Gasteiger partial charge in [0.25, 0.3) is 0 Å². The van der Waals surface area contributed by atoms with Gasteiger partial charge in [0, 0.05) is 33.1 Å². The minimum absolute atomic E-state index is 0.114. The molecule has 0 unspecified atom stereocenters. The molecular formula is C13H24N4O. The van der Waals surface area contributed by atoms with Gasteiger partial charge >= 0.3 is 0 Å². The van der Waals surface area contributed by atoms with Gasteiger partial charge in [0.15, 0.2) is 0 Å². The average Bonchev–Trinajstić information content (AvgIpc) is 2.73. The summed E-state index contributed by atoms with van der Waals surface area (Å²) in [7, 11) is 1.95. The number of rotatable bonds is 8. The molecule has 0 saturated carbocycles. The minimum Gasteiger partial charge on any atom is -0.356 e. The van der Waals surface area contributed by atoms with Crippen molar-refractivity contribution in [3.05, 3.63) is 17.5 Å². The highest BCUT2D eigenvalue weighted by atomic mass is 16.1. The maximum atomic E-state index is 11.4. The zero-order valence-electron chi connectivity index (χ0n) is 11.6. The Bertz CT molecular complexity index is 373. The van der Waals surface area contributed by atoms with E-state index in [0.29, 0.717) is 13.0 Å². The highest BCUT2D eigenvalue weighted by molar-refractivity contribution is 5.75. The van der Waals surface area contributed by atoms with E-state index in [1.165, 1.54) is 0 Å². The average molecular weight is 252 g/mol. The van der Waals surface area contributed by atoms with Crippen molar-refractivity contribution in [3.8, 4) is 0 Å². The van der Waals surface area contributed by atoms with E-state index < -0.39 is 0 Å². The van der Waals surface area contributed by atoms with Gasteiger partial charge < -0.3 is 10.6 Å². The zero-order valence-corrected chi connectivity index (χ0v) is 11.6. The lowest BCUT2D eigenvalue weighted by Crippen LogP contribution is -2.28. The number of aromatic nitrogens is 2. The van der Waals surface area contributed by atoms with Gasteiger partial charge in [0.05, 0.1) is 11.4 Å². The standard InChI is InChI=1S/C13H24N4O/c1-4-7-15-13(18)6-8-14-10-12-9-11(5-2)16-17(12)3/h9,14H,4-8,10H2,1-3H3,(H,15,18). The van der Waals surface area contributed by atoms with Crippen LogP contribution in [0.25, 0.3) is 0 Å². The Labute approximate surface area is 109 Å². The van der Waals surface area contributed by atoms with Crippen LogP contribution >= 0.6 is 0 Å². The molecule has 1 amide bonds. The number of aryl methyl sites for hydroxylation is 2. The first-order valence-corrected chi connectivity index (χ1v) is 6.66. The smallest absolute Gasteiger partial charge is 0.221 e. The number of nitrogens with zero attached hydrogens (tertiary/aromatic N) is 2. The van der Waals surface area contributed by atoms with E-state index in [4.69, 9.17) is 0 Å². The molecule has 1 heterocycles. The second-order valence-electron chi connectivity index (χ2n) is 4.38. The maximum Gasteiger partial charge on any atom is 0.221 e. The van der Waals surface area contributed by atoms with Crippen molar-refractivity contribution in [2.24, 2.45) is 7.05 Å². The van der Waals surface area contributed by atoms with Crippen LogP contribution in [-0.2, 0) is 24.8 Å². The number of carbonyl (C=O) groups excluding carboxylic acids is 1. The molecule has 18 heavy (non-hydrogen) atoms. The molecule has 0 fully saturated rings. The Hall–Kier alpha value is -1.36. The molecule has 0 spiro atoms. The minimum atomic E-state index is 0.114. The lowest BCUT2D eigenvalue weighted by Gasteiger charge is -2.05. The Morgan fingerprint density at radius 1 is 1.39 bits per heavy atom. The number of nitrogens with one attached hydrogen (secondary N) is 2. The van der Waals surface area contributed by atoms with E-state index in [-0.39, 0.29) is 5.91 Å². The Kier molecular flexibility index (Phi) is 6.43. The molecule has 1 rings (SSSR count). The predicted molar refractivity (Wildman–Crippen MR) is 72.2 cm³/mol. The maximum absolute atomic E-state index is 11.4. The van der Waals surface area contributed by atoms with Crippen molar-refractivity contribution in [3.63, 3.8) is 0 Å². The quantitative estimate of drug-likeness (QED) is 0.678. The third-order valence-electron chi connectivity index (χ3n) is 2.80. The molecule has 0 saturated heterocycles. The van der Waals surface area contributed by atoms with Gasteiger partial charge in [-0.05, 0) is 18.9 Å². The summed E-state index contributed by atoms with van der Waals surface area (Å²) in [5.74, 6) is 0.114. The van der Waals surface area contributed by atoms with Gasteiger partial charge in [-0.25, -0.2) is 0 Å². The summed E-state index contributed by atoms with van der Waals surface area (Å²) in [4.78, 5) is 11.4. The highest BCUT2D eigenvalue weighted by Gasteiger charge is 2.04. The van der Waals surface area contributed by atoms with Crippen LogP contribution in [0.2, 0.25) is 0 Å². The van der Waals surface area contributed by atoms with Gasteiger partial charge in [-0.3, -0.25) is 9.48 Å². The number of carbonyl (C=O) groups is 1. The molecule has 0 aliphatic heterocycles. The number of amides is 1. The summed E-state index contributed by atoms with van der Waals surface area (Å²) >= 11 is 0. The number of hydrogen-bond donors (Lipinski definition) is 2. The third kappa shape index (κ3) is 4.87. The van der Waals surface area contributed by atoms with Gasteiger partial charge in [0.1, 0.15) is 0 Å². The summed E-state index contributed by atoms with van der Waals surface area (Å²) in [6, 6.07) is 2.10. The van der Waals surface area contributed by atoms with Crippen LogP contribution in [0.5, 0.6) is 0 Å². The van der Waals surface area contributed by atoms with Crippen molar-refractivity contribution < 1.29 is 4.79 Å². The van der Waals surface area contributed by atoms with E-state index in [1.54, 1.807) is 0 Å². The van der Waals surface area contributed by atoms with Gasteiger partial charge in [0.2, 0.25) is 5.91 Å². The molecule has 0 aromatic carbocycles. The van der Waals surface area contributed by atoms with E-state index >= 15 is 0 Å². The van der Waals surface area contributed by atoms with E-state index in [9.17, 15) is 4.79 Å². The fraction of sp³-hybridized carbons (Fsp3) is 0.692. The van der Waals surface area contributed by atoms with Crippen LogP contribution in [0.4, 0.5) is 0 Å². The number of hydrogen-bond acceptors (Lipinski definition) is 3. The molecule has 0 radical (unpaired) electrons. The van der Waals surface area contributed by atoms with Gasteiger partial charge in [-0.15, -0.1) is 0 Å². The van der Waals surface area contributed by atoms with Crippen molar-refractivity contribution in [1.29, 1.82) is 0 Å². The SMILES string of the molecule is CCCNC(=O)CCNCc1cc(CC)nn1C. The van der Waals surface area contributed by atoms with Crippen LogP contribution in [0, 0.1) is 0 Å². The Morgan fingerprint density at radius 3 is 2.78 bits per heavy atom. The normalized spacial score (nSPS) is 10.6. The zero-order chi connectivity index (χ0) is 13.4. The van der Waals surface area contributed by atoms with Crippen LogP contribution < -0.4 is 10.6 Å². The molecule has 102 valence electrons. The summed E-state index contributed by atoms with van der Waals surface area (Å²) in [6.07, 6.45) is 2.46. The predicted octanol–water partition coefficient (Wildman–Crippen LogP) is 0.988. The van der Waals surface area contributed by atoms with Crippen molar-refractivity contribution in [2.45, 2.75) is 39.7 Å². The monoisotopic (exact) mass is 252 g/mol. The molecule has 0 aliphatic rings. The fourth-order valence-electron chi connectivity index (χ4n) is 1.68. The molecule has 0 bridgehead atoms. The topological polar surface area (TPSA) is 59.0 Å². The van der Waals surface area contributed by atoms with Crippen molar-refractivity contribution in [1.82, 2.24) is 20.4 Å². The summed E-state index contributed by atoms with van der Waals surface area (Å²) in [5, 5.41) is 10.5. The lowest BCUT2D eigenvalue weighted by atomic mass is 10.3. The molecule has 0 aliphatic carbocycles. The largest absolute Gasteiger partial charge is 0.356 e. The summed E-state index contributed by atoms with van der Waals surface area (Å²) < 4.78 is 1.89. The molecule has 0 atom stereocenters. The third-order valence-corrected chi connectivity index (χ3v) is 2.80. The Balaban J connectivity index is 2.21. The highest BCUT2D eigenvalue weighted by Crippen LogP contribution is 2.03. The van der Waals surface area contributed by atoms with Crippen LogP contribution in [0.3, 0.4) is 0 Å².